The van der Waals surface area contributed by atoms with Crippen LogP contribution in [0.4, 0.5) is 24.7 Å². The van der Waals surface area contributed by atoms with Gasteiger partial charge in [-0.05, 0) is 17.7 Å². The summed E-state index contributed by atoms with van der Waals surface area (Å²) in [5.74, 6) is 0.0957. The average molecular weight is 332 g/mol. The van der Waals surface area contributed by atoms with E-state index in [1.165, 1.54) is 10.7 Å². The number of nitrogens with zero attached hydrogens (tertiary/aromatic N) is 2. The fraction of sp³-hybridized carbons (Fsp3) is 0.118. The molecule has 1 heterocycles. The van der Waals surface area contributed by atoms with Gasteiger partial charge < -0.3 is 11.5 Å². The minimum atomic E-state index is -4.43. The van der Waals surface area contributed by atoms with Gasteiger partial charge in [-0.1, -0.05) is 42.5 Å². The molecule has 124 valence electrons. The van der Waals surface area contributed by atoms with E-state index >= 15 is 0 Å². The van der Waals surface area contributed by atoms with Gasteiger partial charge in [0.05, 0.1) is 17.8 Å². The Kier molecular flexibility index (Phi) is 3.92. The van der Waals surface area contributed by atoms with E-state index in [0.717, 1.165) is 17.7 Å². The van der Waals surface area contributed by atoms with Gasteiger partial charge in [0.15, 0.2) is 5.82 Å². The molecule has 4 nitrogen and oxygen atoms in total. The maximum Gasteiger partial charge on any atom is 0.416 e. The number of aromatic nitrogens is 2. The predicted octanol–water partition coefficient (Wildman–Crippen LogP) is 3.78. The second-order valence-electron chi connectivity index (χ2n) is 5.37. The van der Waals surface area contributed by atoms with Crippen molar-refractivity contribution in [3.8, 4) is 11.3 Å². The van der Waals surface area contributed by atoms with Gasteiger partial charge in [0.1, 0.15) is 5.69 Å². The lowest BCUT2D eigenvalue weighted by Crippen LogP contribution is -2.07. The first-order chi connectivity index (χ1) is 11.4. The smallest absolute Gasteiger partial charge is 0.394 e. The van der Waals surface area contributed by atoms with Crippen LogP contribution >= 0.6 is 0 Å². The number of anilines is 2. The summed E-state index contributed by atoms with van der Waals surface area (Å²) in [5, 5.41) is 4.16. The van der Waals surface area contributed by atoms with Crippen LogP contribution in [0.3, 0.4) is 0 Å². The van der Waals surface area contributed by atoms with E-state index in [0.29, 0.717) is 17.8 Å². The normalized spacial score (nSPS) is 11.6. The molecular formula is C17H15F3N4. The van der Waals surface area contributed by atoms with Crippen molar-refractivity contribution < 1.29 is 13.2 Å². The topological polar surface area (TPSA) is 69.9 Å². The van der Waals surface area contributed by atoms with E-state index in [-0.39, 0.29) is 11.5 Å². The Morgan fingerprint density at radius 2 is 1.67 bits per heavy atom. The van der Waals surface area contributed by atoms with E-state index in [4.69, 9.17) is 11.5 Å². The minimum Gasteiger partial charge on any atom is -0.394 e. The Morgan fingerprint density at radius 1 is 0.958 bits per heavy atom. The van der Waals surface area contributed by atoms with Gasteiger partial charge in [0.2, 0.25) is 0 Å². The molecule has 0 aliphatic heterocycles. The van der Waals surface area contributed by atoms with Gasteiger partial charge in [0, 0.05) is 5.56 Å². The van der Waals surface area contributed by atoms with Crippen molar-refractivity contribution >= 4 is 11.5 Å². The number of hydrogen-bond acceptors (Lipinski definition) is 3. The van der Waals surface area contributed by atoms with Gasteiger partial charge in [-0.15, -0.1) is 0 Å². The standard InChI is InChI=1S/C17H15F3N4/c18-17(19,20)13-8-4-7-12(9-13)15-14(21)16(22)23-24(15)10-11-5-2-1-3-6-11/h1-9H,10,21H2,(H2,22,23). The van der Waals surface area contributed by atoms with Gasteiger partial charge in [-0.2, -0.15) is 18.3 Å². The van der Waals surface area contributed by atoms with Crippen LogP contribution in [0.2, 0.25) is 0 Å². The molecule has 0 saturated heterocycles. The second kappa shape index (κ2) is 5.92. The molecule has 3 rings (SSSR count). The van der Waals surface area contributed by atoms with Crippen molar-refractivity contribution in [1.82, 2.24) is 9.78 Å². The lowest BCUT2D eigenvalue weighted by Gasteiger charge is -2.11. The largest absolute Gasteiger partial charge is 0.416 e. The molecule has 2 aromatic carbocycles. The number of hydrogen-bond donors (Lipinski definition) is 2. The summed E-state index contributed by atoms with van der Waals surface area (Å²) in [5.41, 5.74) is 12.8. The minimum absolute atomic E-state index is 0.0957. The zero-order valence-electron chi connectivity index (χ0n) is 12.6. The molecule has 0 spiro atoms. The number of alkyl halides is 3. The van der Waals surface area contributed by atoms with Crippen molar-refractivity contribution in [1.29, 1.82) is 0 Å². The van der Waals surface area contributed by atoms with E-state index < -0.39 is 11.7 Å². The van der Waals surface area contributed by atoms with Crippen LogP contribution < -0.4 is 11.5 Å². The van der Waals surface area contributed by atoms with Crippen LogP contribution in [0, 0.1) is 0 Å². The average Bonchev–Trinajstić information content (AvgIpc) is 2.82. The van der Waals surface area contributed by atoms with E-state index in [1.54, 1.807) is 6.07 Å². The molecule has 0 radical (unpaired) electrons. The molecule has 0 saturated carbocycles. The van der Waals surface area contributed by atoms with Crippen LogP contribution in [-0.2, 0) is 12.7 Å². The van der Waals surface area contributed by atoms with Crippen LogP contribution in [0.25, 0.3) is 11.3 Å². The first kappa shape index (κ1) is 15.9. The summed E-state index contributed by atoms with van der Waals surface area (Å²) in [6.07, 6.45) is -4.43. The highest BCUT2D eigenvalue weighted by Gasteiger charge is 2.31. The Hall–Kier alpha value is -2.96. The van der Waals surface area contributed by atoms with Crippen LogP contribution in [-0.4, -0.2) is 9.78 Å². The Bertz CT molecular complexity index is 854. The molecule has 0 atom stereocenters. The quantitative estimate of drug-likeness (QED) is 0.767. The number of nitrogen functional groups attached to an aromatic ring is 2. The molecule has 0 unspecified atom stereocenters. The Morgan fingerprint density at radius 3 is 2.33 bits per heavy atom. The first-order valence-corrected chi connectivity index (χ1v) is 7.19. The number of rotatable bonds is 3. The Balaban J connectivity index is 2.08. The number of benzene rings is 2. The molecule has 1 aromatic heterocycles. The highest BCUT2D eigenvalue weighted by atomic mass is 19.4. The van der Waals surface area contributed by atoms with Crippen molar-refractivity contribution in [2.45, 2.75) is 12.7 Å². The fourth-order valence-corrected chi connectivity index (χ4v) is 2.51. The molecule has 3 aromatic rings. The fourth-order valence-electron chi connectivity index (χ4n) is 2.51. The zero-order chi connectivity index (χ0) is 17.3. The third-order valence-electron chi connectivity index (χ3n) is 3.66. The number of nitrogens with two attached hydrogens (primary N) is 2. The maximum absolute atomic E-state index is 13.0. The van der Waals surface area contributed by atoms with Crippen molar-refractivity contribution in [2.75, 3.05) is 11.5 Å². The van der Waals surface area contributed by atoms with Crippen LogP contribution in [0.15, 0.2) is 54.6 Å². The lowest BCUT2D eigenvalue weighted by molar-refractivity contribution is -0.137. The summed E-state index contributed by atoms with van der Waals surface area (Å²) in [6, 6.07) is 14.4. The molecule has 0 bridgehead atoms. The summed E-state index contributed by atoms with van der Waals surface area (Å²) in [6.45, 7) is 0.355. The monoisotopic (exact) mass is 332 g/mol. The molecule has 0 aliphatic carbocycles. The van der Waals surface area contributed by atoms with Crippen molar-refractivity contribution in [3.63, 3.8) is 0 Å². The summed E-state index contributed by atoms with van der Waals surface area (Å²) >= 11 is 0. The van der Waals surface area contributed by atoms with E-state index in [2.05, 4.69) is 5.10 Å². The third kappa shape index (κ3) is 3.05. The molecule has 24 heavy (non-hydrogen) atoms. The van der Waals surface area contributed by atoms with E-state index in [1.807, 2.05) is 30.3 Å². The SMILES string of the molecule is Nc1nn(Cc2ccccc2)c(-c2cccc(C(F)(F)F)c2)c1N. The summed E-state index contributed by atoms with van der Waals surface area (Å²) in [4.78, 5) is 0. The second-order valence-corrected chi connectivity index (χ2v) is 5.37. The van der Waals surface area contributed by atoms with Crippen LogP contribution in [0.1, 0.15) is 11.1 Å². The molecule has 4 N–H and O–H groups in total. The van der Waals surface area contributed by atoms with Gasteiger partial charge in [0.25, 0.3) is 0 Å². The zero-order valence-corrected chi connectivity index (χ0v) is 12.6. The highest BCUT2D eigenvalue weighted by molar-refractivity contribution is 5.80. The Labute approximate surface area is 136 Å². The van der Waals surface area contributed by atoms with Crippen molar-refractivity contribution in [2.24, 2.45) is 0 Å². The van der Waals surface area contributed by atoms with Crippen molar-refractivity contribution in [3.05, 3.63) is 65.7 Å². The lowest BCUT2D eigenvalue weighted by atomic mass is 10.1. The predicted molar refractivity (Wildman–Crippen MR) is 87.0 cm³/mol. The summed E-state index contributed by atoms with van der Waals surface area (Å²) in [7, 11) is 0. The van der Waals surface area contributed by atoms with Gasteiger partial charge in [-0.3, -0.25) is 4.68 Å². The molecular weight excluding hydrogens is 317 g/mol. The highest BCUT2D eigenvalue weighted by Crippen LogP contribution is 2.35. The van der Waals surface area contributed by atoms with Crippen LogP contribution in [0.5, 0.6) is 0 Å². The molecule has 0 aliphatic rings. The third-order valence-corrected chi connectivity index (χ3v) is 3.66. The number of halogens is 3. The van der Waals surface area contributed by atoms with E-state index in [9.17, 15) is 13.2 Å². The molecule has 0 amide bonds. The van der Waals surface area contributed by atoms with Gasteiger partial charge >= 0.3 is 6.18 Å². The molecule has 7 heteroatoms. The first-order valence-electron chi connectivity index (χ1n) is 7.19. The molecule has 0 fully saturated rings. The summed E-state index contributed by atoms with van der Waals surface area (Å²) < 4.78 is 40.4. The van der Waals surface area contributed by atoms with Gasteiger partial charge in [-0.25, -0.2) is 0 Å². The maximum atomic E-state index is 13.0.